The molecule has 0 aliphatic carbocycles. The predicted molar refractivity (Wildman–Crippen MR) is 121 cm³/mol. The fourth-order valence-electron chi connectivity index (χ4n) is 3.96. The lowest BCUT2D eigenvalue weighted by Crippen LogP contribution is -2.12. The summed E-state index contributed by atoms with van der Waals surface area (Å²) in [5.74, 6) is -2.01. The van der Waals surface area contributed by atoms with Gasteiger partial charge in [-0.1, -0.05) is 12.1 Å². The number of pyridine rings is 1. The Morgan fingerprint density at radius 2 is 1.50 bits per heavy atom. The van der Waals surface area contributed by atoms with E-state index in [9.17, 15) is 35.1 Å². The summed E-state index contributed by atoms with van der Waals surface area (Å²) in [5.41, 5.74) is -1.89. The largest absolute Gasteiger partial charge is 0.417 e. The molecule has 0 fully saturated rings. The van der Waals surface area contributed by atoms with E-state index < -0.39 is 40.7 Å². The maximum Gasteiger partial charge on any atom is 0.417 e. The Hall–Kier alpha value is -4.35. The number of benzene rings is 2. The van der Waals surface area contributed by atoms with Gasteiger partial charge in [0.15, 0.2) is 11.6 Å². The van der Waals surface area contributed by atoms with Gasteiger partial charge < -0.3 is 4.57 Å². The van der Waals surface area contributed by atoms with E-state index in [1.165, 1.54) is 24.3 Å². The minimum absolute atomic E-state index is 0.00991. The summed E-state index contributed by atoms with van der Waals surface area (Å²) in [6.07, 6.45) is -6.65. The molecule has 1 aromatic heterocycles. The van der Waals surface area contributed by atoms with Gasteiger partial charge in [-0.2, -0.15) is 36.5 Å². The fourth-order valence-corrected chi connectivity index (χ4v) is 3.96. The van der Waals surface area contributed by atoms with Crippen LogP contribution in [0.4, 0.5) is 35.1 Å². The number of alkyl halides is 6. The van der Waals surface area contributed by atoms with Crippen molar-refractivity contribution in [1.29, 1.82) is 0 Å². The summed E-state index contributed by atoms with van der Waals surface area (Å²) >= 11 is 0. The van der Waals surface area contributed by atoms with E-state index in [4.69, 9.17) is 0 Å². The summed E-state index contributed by atoms with van der Waals surface area (Å²) in [6, 6.07) is 11.0. The van der Waals surface area contributed by atoms with Crippen LogP contribution in [-0.4, -0.2) is 19.7 Å². The molecule has 5 rings (SSSR count). The Morgan fingerprint density at radius 3 is 2.18 bits per heavy atom. The van der Waals surface area contributed by atoms with Crippen molar-refractivity contribution < 1.29 is 35.1 Å². The van der Waals surface area contributed by atoms with Gasteiger partial charge in [-0.05, 0) is 48.5 Å². The SMILES string of the molecule is Fc1cccc(-c2cc3cn(Cc4ccc(-c5ccc(C(F)(F)F)cc5C(F)(F)F)nn4)ccc-3n2)c1F. The van der Waals surface area contributed by atoms with Crippen LogP contribution in [0.3, 0.4) is 0 Å². The standard InChI is InChI=1S/C26H14F8N4/c27-20-3-1-2-18(24(20)28)23-10-14-12-38(9-8-21(14)35-23)13-16-5-7-22(37-36-16)17-6-4-15(25(29,30)31)11-19(17)26(32,33)34/h1-12H,13H2. The second-order valence-electron chi connectivity index (χ2n) is 8.37. The molecule has 2 aliphatic rings. The van der Waals surface area contributed by atoms with Crippen molar-refractivity contribution in [2.45, 2.75) is 18.9 Å². The number of hydrogen-bond donors (Lipinski definition) is 0. The summed E-state index contributed by atoms with van der Waals surface area (Å²) in [6.45, 7) is 0.150. The van der Waals surface area contributed by atoms with Crippen molar-refractivity contribution in [3.8, 4) is 33.8 Å². The van der Waals surface area contributed by atoms with Crippen LogP contribution in [0.25, 0.3) is 33.8 Å². The average Bonchev–Trinajstić information content (AvgIpc) is 3.28. The Balaban J connectivity index is 1.41. The quantitative estimate of drug-likeness (QED) is 0.225. The smallest absolute Gasteiger partial charge is 0.348 e. The van der Waals surface area contributed by atoms with E-state index in [1.807, 2.05) is 0 Å². The summed E-state index contributed by atoms with van der Waals surface area (Å²) in [4.78, 5) is 4.32. The van der Waals surface area contributed by atoms with E-state index >= 15 is 0 Å². The van der Waals surface area contributed by atoms with Crippen LogP contribution in [0.5, 0.6) is 0 Å². The van der Waals surface area contributed by atoms with Gasteiger partial charge in [-0.15, -0.1) is 0 Å². The maximum atomic E-state index is 14.2. The molecule has 0 radical (unpaired) electrons. The van der Waals surface area contributed by atoms with E-state index in [0.29, 0.717) is 23.0 Å². The van der Waals surface area contributed by atoms with Gasteiger partial charge >= 0.3 is 12.4 Å². The predicted octanol–water partition coefficient (Wildman–Crippen LogP) is 7.48. The van der Waals surface area contributed by atoms with Crippen LogP contribution in [0.1, 0.15) is 16.8 Å². The summed E-state index contributed by atoms with van der Waals surface area (Å²) in [7, 11) is 0. The van der Waals surface area contributed by atoms with Crippen molar-refractivity contribution in [2.24, 2.45) is 0 Å². The molecule has 2 aliphatic heterocycles. The first-order valence-electron chi connectivity index (χ1n) is 10.9. The molecule has 2 aromatic carbocycles. The van der Waals surface area contributed by atoms with Gasteiger partial charge in [-0.3, -0.25) is 0 Å². The van der Waals surface area contributed by atoms with E-state index in [0.717, 1.165) is 12.1 Å². The van der Waals surface area contributed by atoms with Crippen molar-refractivity contribution in [3.63, 3.8) is 0 Å². The second kappa shape index (κ2) is 9.19. The molecule has 0 saturated heterocycles. The van der Waals surface area contributed by atoms with Crippen LogP contribution in [0, 0.1) is 11.6 Å². The Labute approximate surface area is 209 Å². The number of nitrogens with zero attached hydrogens (tertiary/aromatic N) is 4. The van der Waals surface area contributed by atoms with E-state index in [1.54, 1.807) is 29.1 Å². The van der Waals surface area contributed by atoms with E-state index in [-0.39, 0.29) is 29.6 Å². The lowest BCUT2D eigenvalue weighted by Gasteiger charge is -2.15. The first-order valence-corrected chi connectivity index (χ1v) is 10.9. The molecule has 0 bridgehead atoms. The second-order valence-corrected chi connectivity index (χ2v) is 8.37. The number of hydrogen-bond acceptors (Lipinski definition) is 3. The van der Waals surface area contributed by atoms with Gasteiger partial charge in [-0.25, -0.2) is 13.8 Å². The minimum atomic E-state index is -5.04. The Bertz CT molecular complexity index is 1590. The molecule has 0 spiro atoms. The van der Waals surface area contributed by atoms with Gasteiger partial charge in [0, 0.05) is 29.1 Å². The topological polar surface area (TPSA) is 43.6 Å². The zero-order valence-corrected chi connectivity index (χ0v) is 18.9. The molecular formula is C26H14F8N4. The summed E-state index contributed by atoms with van der Waals surface area (Å²) < 4.78 is 109. The minimum Gasteiger partial charge on any atom is -0.348 e. The zero-order valence-electron chi connectivity index (χ0n) is 18.9. The highest BCUT2D eigenvalue weighted by Gasteiger charge is 2.38. The van der Waals surface area contributed by atoms with Gasteiger partial charge in [0.1, 0.15) is 0 Å². The van der Waals surface area contributed by atoms with Crippen LogP contribution >= 0.6 is 0 Å². The third-order valence-electron chi connectivity index (χ3n) is 5.78. The third kappa shape index (κ3) is 4.93. The highest BCUT2D eigenvalue weighted by molar-refractivity contribution is 5.73. The van der Waals surface area contributed by atoms with Crippen LogP contribution in [0.15, 0.2) is 73.1 Å². The Morgan fingerprint density at radius 1 is 0.711 bits per heavy atom. The molecule has 194 valence electrons. The van der Waals surface area contributed by atoms with Crippen molar-refractivity contribution in [2.75, 3.05) is 0 Å². The average molecular weight is 534 g/mol. The number of fused-ring (bicyclic) bond motifs is 1. The van der Waals surface area contributed by atoms with Crippen molar-refractivity contribution in [1.82, 2.24) is 19.7 Å². The maximum absolute atomic E-state index is 14.2. The molecule has 3 heterocycles. The lowest BCUT2D eigenvalue weighted by atomic mass is 10.00. The molecule has 4 nitrogen and oxygen atoms in total. The first-order chi connectivity index (χ1) is 17.9. The molecule has 38 heavy (non-hydrogen) atoms. The molecule has 0 unspecified atom stereocenters. The third-order valence-corrected chi connectivity index (χ3v) is 5.78. The molecule has 3 aromatic rings. The molecule has 0 N–H and O–H groups in total. The van der Waals surface area contributed by atoms with Crippen LogP contribution in [-0.2, 0) is 18.9 Å². The highest BCUT2D eigenvalue weighted by Crippen LogP contribution is 2.40. The molecule has 12 heteroatoms. The monoisotopic (exact) mass is 534 g/mol. The van der Waals surface area contributed by atoms with Crippen molar-refractivity contribution >= 4 is 0 Å². The summed E-state index contributed by atoms with van der Waals surface area (Å²) in [5, 5.41) is 7.73. The van der Waals surface area contributed by atoms with Crippen LogP contribution < -0.4 is 0 Å². The fraction of sp³-hybridized carbons (Fsp3) is 0.115. The molecular weight excluding hydrogens is 520 g/mol. The molecule has 0 amide bonds. The normalized spacial score (nSPS) is 12.3. The number of rotatable bonds is 4. The highest BCUT2D eigenvalue weighted by atomic mass is 19.4. The van der Waals surface area contributed by atoms with E-state index in [2.05, 4.69) is 15.2 Å². The lowest BCUT2D eigenvalue weighted by molar-refractivity contribution is -0.142. The van der Waals surface area contributed by atoms with Crippen LogP contribution in [0.2, 0.25) is 0 Å². The van der Waals surface area contributed by atoms with Gasteiger partial charge in [0.05, 0.1) is 40.4 Å². The number of halogens is 8. The first kappa shape index (κ1) is 25.3. The van der Waals surface area contributed by atoms with Crippen molar-refractivity contribution in [3.05, 3.63) is 102 Å². The Kier molecular flexibility index (Phi) is 6.12. The van der Waals surface area contributed by atoms with Gasteiger partial charge in [0.25, 0.3) is 0 Å². The number of aromatic nitrogens is 4. The van der Waals surface area contributed by atoms with Gasteiger partial charge in [0.2, 0.25) is 0 Å². The zero-order chi connectivity index (χ0) is 27.2. The molecule has 0 atom stereocenters. The molecule has 0 saturated carbocycles.